The van der Waals surface area contributed by atoms with Crippen molar-refractivity contribution in [2.75, 3.05) is 17.2 Å². The number of carbonyl (C=O) groups excluding carboxylic acids is 1. The van der Waals surface area contributed by atoms with Crippen molar-refractivity contribution in [3.63, 3.8) is 0 Å². The highest BCUT2D eigenvalue weighted by atomic mass is 32.1. The number of thiocarbonyl (C=S) groups is 1. The van der Waals surface area contributed by atoms with Crippen LogP contribution in [-0.2, 0) is 11.3 Å². The van der Waals surface area contributed by atoms with Crippen LogP contribution in [0.3, 0.4) is 0 Å². The van der Waals surface area contributed by atoms with Gasteiger partial charge >= 0.3 is 5.97 Å². The van der Waals surface area contributed by atoms with Gasteiger partial charge in [0.1, 0.15) is 22.7 Å². The Morgan fingerprint density at radius 1 is 1.15 bits per heavy atom. The SMILES string of the molecule is CCOC(=O)c1c(NC(=S)Nc2ncn(Cc3ccc(F)cc3)n2)sc(C)c1-c1ccccc1. The van der Waals surface area contributed by atoms with Gasteiger partial charge in [0.05, 0.1) is 13.2 Å². The maximum Gasteiger partial charge on any atom is 0.341 e. The van der Waals surface area contributed by atoms with Crippen molar-refractivity contribution in [3.05, 3.63) is 82.7 Å². The Bertz CT molecular complexity index is 1300. The highest BCUT2D eigenvalue weighted by molar-refractivity contribution is 7.80. The average molecular weight is 496 g/mol. The number of nitrogens with zero attached hydrogens (tertiary/aromatic N) is 3. The van der Waals surface area contributed by atoms with Gasteiger partial charge in [-0.25, -0.2) is 18.9 Å². The van der Waals surface area contributed by atoms with Gasteiger partial charge in [0.25, 0.3) is 0 Å². The number of esters is 1. The molecule has 34 heavy (non-hydrogen) atoms. The number of anilines is 2. The van der Waals surface area contributed by atoms with E-state index in [1.54, 1.807) is 30.1 Å². The van der Waals surface area contributed by atoms with Crippen LogP contribution in [0.4, 0.5) is 15.3 Å². The van der Waals surface area contributed by atoms with Crippen molar-refractivity contribution in [1.82, 2.24) is 14.8 Å². The number of halogens is 1. The first kappa shape index (κ1) is 23.5. The largest absolute Gasteiger partial charge is 0.462 e. The van der Waals surface area contributed by atoms with Gasteiger partial charge in [-0.3, -0.25) is 5.32 Å². The molecule has 0 bridgehead atoms. The van der Waals surface area contributed by atoms with Gasteiger partial charge in [-0.2, -0.15) is 0 Å². The lowest BCUT2D eigenvalue weighted by Gasteiger charge is -2.10. The monoisotopic (exact) mass is 495 g/mol. The lowest BCUT2D eigenvalue weighted by Crippen LogP contribution is -2.21. The number of thiophene rings is 1. The summed E-state index contributed by atoms with van der Waals surface area (Å²) >= 11 is 6.87. The Balaban J connectivity index is 1.51. The van der Waals surface area contributed by atoms with Crippen molar-refractivity contribution < 1.29 is 13.9 Å². The second-order valence-electron chi connectivity index (χ2n) is 7.30. The molecule has 10 heteroatoms. The first-order valence-corrected chi connectivity index (χ1v) is 11.7. The molecule has 0 atom stereocenters. The van der Waals surface area contributed by atoms with Crippen molar-refractivity contribution in [2.45, 2.75) is 20.4 Å². The van der Waals surface area contributed by atoms with Crippen LogP contribution >= 0.6 is 23.6 Å². The molecule has 0 aliphatic heterocycles. The van der Waals surface area contributed by atoms with E-state index in [2.05, 4.69) is 20.7 Å². The molecule has 2 heterocycles. The van der Waals surface area contributed by atoms with Gasteiger partial charge in [0, 0.05) is 10.4 Å². The molecule has 0 amide bonds. The zero-order valence-electron chi connectivity index (χ0n) is 18.5. The van der Waals surface area contributed by atoms with Crippen LogP contribution in [0.25, 0.3) is 11.1 Å². The predicted octanol–water partition coefficient (Wildman–Crippen LogP) is 5.49. The van der Waals surface area contributed by atoms with E-state index in [9.17, 15) is 9.18 Å². The minimum atomic E-state index is -0.419. The minimum absolute atomic E-state index is 0.242. The minimum Gasteiger partial charge on any atom is -0.462 e. The summed E-state index contributed by atoms with van der Waals surface area (Å²) in [6.07, 6.45) is 1.56. The Morgan fingerprint density at radius 2 is 1.88 bits per heavy atom. The summed E-state index contributed by atoms with van der Waals surface area (Å²) in [5, 5.41) is 11.2. The van der Waals surface area contributed by atoms with Crippen molar-refractivity contribution in [2.24, 2.45) is 0 Å². The third-order valence-electron chi connectivity index (χ3n) is 4.87. The van der Waals surface area contributed by atoms with E-state index >= 15 is 0 Å². The van der Waals surface area contributed by atoms with Crippen LogP contribution in [0.1, 0.15) is 27.7 Å². The third-order valence-corrected chi connectivity index (χ3v) is 6.10. The van der Waals surface area contributed by atoms with Gasteiger partial charge in [-0.05, 0) is 49.3 Å². The second-order valence-corrected chi connectivity index (χ2v) is 8.93. The second kappa shape index (κ2) is 10.5. The highest BCUT2D eigenvalue weighted by Gasteiger charge is 2.25. The van der Waals surface area contributed by atoms with E-state index in [-0.39, 0.29) is 17.5 Å². The molecule has 0 aliphatic carbocycles. The van der Waals surface area contributed by atoms with Gasteiger partial charge < -0.3 is 10.1 Å². The van der Waals surface area contributed by atoms with Crippen LogP contribution in [0.2, 0.25) is 0 Å². The Kier molecular flexibility index (Phi) is 7.29. The number of ether oxygens (including phenoxy) is 1. The third kappa shape index (κ3) is 5.46. The van der Waals surface area contributed by atoms with E-state index in [1.165, 1.54) is 23.5 Å². The first-order valence-electron chi connectivity index (χ1n) is 10.5. The summed E-state index contributed by atoms with van der Waals surface area (Å²) in [5.74, 6) is -0.408. The summed E-state index contributed by atoms with van der Waals surface area (Å²) < 4.78 is 20.0. The number of nitrogens with one attached hydrogen (secondary N) is 2. The Hall–Kier alpha value is -3.63. The first-order chi connectivity index (χ1) is 16.4. The summed E-state index contributed by atoms with van der Waals surface area (Å²) in [7, 11) is 0. The van der Waals surface area contributed by atoms with Crippen molar-refractivity contribution >= 4 is 45.6 Å². The van der Waals surface area contributed by atoms with Gasteiger partial charge in [-0.1, -0.05) is 42.5 Å². The zero-order chi connectivity index (χ0) is 24.1. The fourth-order valence-corrected chi connectivity index (χ4v) is 4.75. The topological polar surface area (TPSA) is 81.1 Å². The fourth-order valence-electron chi connectivity index (χ4n) is 3.42. The summed E-state index contributed by atoms with van der Waals surface area (Å²) in [6, 6.07) is 15.9. The van der Waals surface area contributed by atoms with Crippen LogP contribution < -0.4 is 10.6 Å². The molecule has 0 spiro atoms. The van der Waals surface area contributed by atoms with E-state index < -0.39 is 5.97 Å². The molecule has 0 saturated heterocycles. The number of aromatic nitrogens is 3. The van der Waals surface area contributed by atoms with Crippen LogP contribution in [0.5, 0.6) is 0 Å². The smallest absolute Gasteiger partial charge is 0.341 e. The molecule has 0 aliphatic rings. The number of carbonyl (C=O) groups is 1. The summed E-state index contributed by atoms with van der Waals surface area (Å²) in [5.41, 5.74) is 3.07. The molecule has 2 aromatic heterocycles. The molecule has 174 valence electrons. The molecule has 4 rings (SSSR count). The Morgan fingerprint density at radius 3 is 2.59 bits per heavy atom. The highest BCUT2D eigenvalue weighted by Crippen LogP contribution is 2.40. The summed E-state index contributed by atoms with van der Waals surface area (Å²) in [4.78, 5) is 18.0. The average Bonchev–Trinajstić information content (AvgIpc) is 3.39. The molecular formula is C24H22FN5O2S2. The number of hydrogen-bond acceptors (Lipinski definition) is 6. The molecule has 0 fully saturated rings. The van der Waals surface area contributed by atoms with E-state index in [1.807, 2.05) is 37.3 Å². The number of rotatable bonds is 7. The molecular weight excluding hydrogens is 473 g/mol. The Labute approximate surface area is 205 Å². The fraction of sp³-hybridized carbons (Fsp3) is 0.167. The number of benzene rings is 2. The molecule has 2 N–H and O–H groups in total. The van der Waals surface area contributed by atoms with Gasteiger partial charge in [-0.15, -0.1) is 16.4 Å². The van der Waals surface area contributed by atoms with Gasteiger partial charge in [0.2, 0.25) is 5.95 Å². The van der Waals surface area contributed by atoms with E-state index in [0.29, 0.717) is 23.1 Å². The summed E-state index contributed by atoms with van der Waals surface area (Å²) in [6.45, 7) is 4.43. The van der Waals surface area contributed by atoms with E-state index in [0.717, 1.165) is 21.6 Å². The maximum absolute atomic E-state index is 13.1. The van der Waals surface area contributed by atoms with Crippen LogP contribution in [-0.4, -0.2) is 32.5 Å². The molecule has 0 unspecified atom stereocenters. The van der Waals surface area contributed by atoms with E-state index in [4.69, 9.17) is 17.0 Å². The van der Waals surface area contributed by atoms with Crippen LogP contribution in [0, 0.1) is 12.7 Å². The lowest BCUT2D eigenvalue weighted by atomic mass is 10.0. The zero-order valence-corrected chi connectivity index (χ0v) is 20.2. The quantitative estimate of drug-likeness (QED) is 0.259. The molecule has 2 aromatic carbocycles. The van der Waals surface area contributed by atoms with Crippen molar-refractivity contribution in [1.29, 1.82) is 0 Å². The van der Waals surface area contributed by atoms with Crippen molar-refractivity contribution in [3.8, 4) is 11.1 Å². The number of hydrogen-bond donors (Lipinski definition) is 2. The number of aryl methyl sites for hydroxylation is 1. The molecule has 7 nitrogen and oxygen atoms in total. The molecule has 4 aromatic rings. The maximum atomic E-state index is 13.1. The normalized spacial score (nSPS) is 10.7. The molecule has 0 radical (unpaired) electrons. The standard InChI is InChI=1S/C24H22FN5O2S2/c1-3-32-22(31)20-19(17-7-5-4-6-8-17)15(2)34-21(20)27-24(33)28-23-26-14-30(29-23)13-16-9-11-18(25)12-10-16/h4-12,14H,3,13H2,1-2H3,(H2,27,28,29,33). The van der Waals surface area contributed by atoms with Gasteiger partial charge in [0.15, 0.2) is 5.11 Å². The molecule has 0 saturated carbocycles. The predicted molar refractivity (Wildman–Crippen MR) is 136 cm³/mol. The van der Waals surface area contributed by atoms with Crippen LogP contribution in [0.15, 0.2) is 60.9 Å². The lowest BCUT2D eigenvalue weighted by molar-refractivity contribution is 0.0529.